The first-order valence-corrected chi connectivity index (χ1v) is 2.45. The summed E-state index contributed by atoms with van der Waals surface area (Å²) in [7, 11) is 0. The van der Waals surface area contributed by atoms with Crippen LogP contribution in [-0.2, 0) is 14.4 Å². The Morgan fingerprint density at radius 1 is 1.18 bits per heavy atom. The molecule has 0 aromatic carbocycles. The maximum atomic E-state index is 10.3. The highest BCUT2D eigenvalue weighted by molar-refractivity contribution is 6.66. The first kappa shape index (κ1) is 7.35. The van der Waals surface area contributed by atoms with Gasteiger partial charge in [0.05, 0.1) is 0 Å². The van der Waals surface area contributed by atoms with E-state index in [1.54, 1.807) is 0 Å². The van der Waals surface area contributed by atoms with Crippen molar-refractivity contribution in [2.45, 2.75) is 0 Å². The fourth-order valence-electron chi connectivity index (χ4n) is 0.486. The van der Waals surface area contributed by atoms with E-state index in [-0.39, 0.29) is 0 Å². The van der Waals surface area contributed by atoms with Crippen LogP contribution in [0.5, 0.6) is 0 Å². The van der Waals surface area contributed by atoms with Gasteiger partial charge in [0, 0.05) is 0 Å². The van der Waals surface area contributed by atoms with E-state index in [0.717, 1.165) is 0 Å². The average Bonchev–Trinajstić information content (AvgIpc) is 1.97. The Kier molecular flexibility index (Phi) is 1.42. The topological polar surface area (TPSA) is 107 Å². The first-order valence-electron chi connectivity index (χ1n) is 2.45. The molecule has 1 saturated heterocycles. The maximum absolute atomic E-state index is 10.3. The number of nitrogens with zero attached hydrogens (tertiary/aromatic N) is 1. The summed E-state index contributed by atoms with van der Waals surface area (Å²) in [6, 6.07) is -1.43. The van der Waals surface area contributed by atoms with E-state index in [2.05, 4.69) is 0 Å². The van der Waals surface area contributed by atoms with Crippen molar-refractivity contribution < 1.29 is 19.2 Å². The van der Waals surface area contributed by atoms with Crippen molar-refractivity contribution in [3.05, 3.63) is 5.21 Å². The van der Waals surface area contributed by atoms with Gasteiger partial charge in [-0.05, 0) is 0 Å². The summed E-state index contributed by atoms with van der Waals surface area (Å²) in [5.74, 6) is -4.55. The smallest absolute Gasteiger partial charge is 0.320 e. The average molecular weight is 157 g/mol. The zero-order valence-electron chi connectivity index (χ0n) is 4.99. The number of rotatable bonds is 0. The van der Waals surface area contributed by atoms with Crippen molar-refractivity contribution in [2.75, 3.05) is 0 Å². The lowest BCUT2D eigenvalue weighted by atomic mass is 10.3. The third-order valence-electron chi connectivity index (χ3n) is 0.990. The van der Waals surface area contributed by atoms with Crippen molar-refractivity contribution in [3.8, 4) is 0 Å². The van der Waals surface area contributed by atoms with Crippen LogP contribution in [0.15, 0.2) is 0 Å². The number of hydroxylamine groups is 2. The minimum atomic E-state index is -1.65. The summed E-state index contributed by atoms with van der Waals surface area (Å²) < 4.78 is 0. The molecule has 58 valence electrons. The van der Waals surface area contributed by atoms with E-state index in [1.807, 2.05) is 0 Å². The second kappa shape index (κ2) is 2.13. The zero-order valence-corrected chi connectivity index (χ0v) is 4.99. The van der Waals surface area contributed by atoms with Crippen LogP contribution in [0, 0.1) is 5.21 Å². The lowest BCUT2D eigenvalue weighted by Crippen LogP contribution is -2.56. The molecule has 4 amide bonds. The summed E-state index contributed by atoms with van der Waals surface area (Å²) in [4.78, 5) is 41.2. The van der Waals surface area contributed by atoms with Crippen LogP contribution in [0.2, 0.25) is 0 Å². The number of urea groups is 1. The van der Waals surface area contributed by atoms with E-state index in [9.17, 15) is 24.4 Å². The number of hydrogen-bond acceptors (Lipinski definition) is 5. The van der Waals surface area contributed by atoms with Crippen LogP contribution in [0.4, 0.5) is 4.79 Å². The standard InChI is InChI=1S/C4HN2O5/c7-1-2(8)5-4(10)6(11)3(1)9/h(H,5,8,10)/q-1. The Morgan fingerprint density at radius 2 is 1.73 bits per heavy atom. The number of imide groups is 2. The molecule has 0 saturated carbocycles. The predicted molar refractivity (Wildman–Crippen MR) is 28.8 cm³/mol. The monoisotopic (exact) mass is 157 g/mol. The molecule has 0 aromatic rings. The van der Waals surface area contributed by atoms with Crippen LogP contribution < -0.4 is 5.32 Å². The highest BCUT2D eigenvalue weighted by Gasteiger charge is 2.33. The first-order chi connectivity index (χ1) is 5.04. The minimum absolute atomic E-state index is 0.705. The molecular weight excluding hydrogens is 156 g/mol. The zero-order chi connectivity index (χ0) is 8.59. The molecule has 1 N–H and O–H groups in total. The Balaban J connectivity index is 2.96. The molecule has 0 aromatic heterocycles. The quantitative estimate of drug-likeness (QED) is 0.414. The van der Waals surface area contributed by atoms with Gasteiger partial charge in [-0.3, -0.25) is 19.7 Å². The molecule has 1 aliphatic heterocycles. The van der Waals surface area contributed by atoms with E-state index >= 15 is 0 Å². The normalized spacial score (nSPS) is 18.8. The van der Waals surface area contributed by atoms with E-state index in [4.69, 9.17) is 0 Å². The van der Waals surface area contributed by atoms with Gasteiger partial charge in [0.1, 0.15) is 0 Å². The summed E-state index contributed by atoms with van der Waals surface area (Å²) >= 11 is 0. The second-order valence-corrected chi connectivity index (χ2v) is 1.69. The van der Waals surface area contributed by atoms with Crippen LogP contribution in [0.25, 0.3) is 0 Å². The molecule has 0 aliphatic carbocycles. The molecule has 1 fully saturated rings. The van der Waals surface area contributed by atoms with Crippen LogP contribution in [-0.4, -0.2) is 28.7 Å². The molecule has 1 rings (SSSR count). The second-order valence-electron chi connectivity index (χ2n) is 1.69. The number of carbonyl (C=O) groups is 4. The van der Waals surface area contributed by atoms with Gasteiger partial charge in [0.2, 0.25) is 0 Å². The minimum Gasteiger partial charge on any atom is -0.748 e. The van der Waals surface area contributed by atoms with Gasteiger partial charge in [0.15, 0.2) is 0 Å². The molecule has 0 atom stereocenters. The van der Waals surface area contributed by atoms with E-state index < -0.39 is 28.7 Å². The molecule has 11 heavy (non-hydrogen) atoms. The number of amides is 4. The molecule has 7 heteroatoms. The largest absolute Gasteiger partial charge is 0.748 e. The van der Waals surface area contributed by atoms with E-state index in [0.29, 0.717) is 0 Å². The van der Waals surface area contributed by atoms with E-state index in [1.165, 1.54) is 5.32 Å². The Bertz CT molecular complexity index is 270. The molecule has 0 spiro atoms. The molecular formula is C4HN2O5-. The fourth-order valence-corrected chi connectivity index (χ4v) is 0.486. The molecule has 0 bridgehead atoms. The third kappa shape index (κ3) is 0.964. The van der Waals surface area contributed by atoms with Crippen molar-refractivity contribution >= 4 is 23.6 Å². The summed E-state index contributed by atoms with van der Waals surface area (Å²) in [6.07, 6.45) is 0. The van der Waals surface area contributed by atoms with Gasteiger partial charge >= 0.3 is 17.7 Å². The Morgan fingerprint density at radius 3 is 2.27 bits per heavy atom. The lowest BCUT2D eigenvalue weighted by Gasteiger charge is -2.27. The summed E-state index contributed by atoms with van der Waals surface area (Å²) in [5.41, 5.74) is 0. The number of Topliss-reactive ketones (excluding diaryl/α,β-unsaturated/α-hetero) is 1. The Hall–Kier alpha value is -1.76. The highest BCUT2D eigenvalue weighted by Crippen LogP contribution is 1.95. The maximum Gasteiger partial charge on any atom is 0.320 e. The van der Waals surface area contributed by atoms with Crippen molar-refractivity contribution in [1.82, 2.24) is 10.4 Å². The molecule has 1 aliphatic rings. The third-order valence-corrected chi connectivity index (χ3v) is 0.990. The number of carbonyl (C=O) groups excluding carboxylic acids is 4. The number of barbiturate groups is 1. The summed E-state index contributed by atoms with van der Waals surface area (Å²) in [5, 5.41) is 10.9. The number of nitrogens with one attached hydrogen (secondary N) is 1. The van der Waals surface area contributed by atoms with Crippen LogP contribution in [0.1, 0.15) is 0 Å². The van der Waals surface area contributed by atoms with Gasteiger partial charge in [-0.2, -0.15) is 0 Å². The molecule has 0 unspecified atom stereocenters. The molecule has 7 nitrogen and oxygen atoms in total. The van der Waals surface area contributed by atoms with Gasteiger partial charge in [-0.1, -0.05) is 0 Å². The lowest BCUT2D eigenvalue weighted by molar-refractivity contribution is -0.149. The fraction of sp³-hybridized carbons (Fsp3) is 0. The highest BCUT2D eigenvalue weighted by atomic mass is 16.5. The number of ketones is 1. The molecule has 1 heterocycles. The SMILES string of the molecule is O=C1NC(=O)N([O-])C(=O)C1=O. The van der Waals surface area contributed by atoms with Crippen molar-refractivity contribution in [1.29, 1.82) is 0 Å². The number of hydrogen-bond donors (Lipinski definition) is 1. The predicted octanol–water partition coefficient (Wildman–Crippen LogP) is -1.87. The van der Waals surface area contributed by atoms with Gasteiger partial charge in [0.25, 0.3) is 5.91 Å². The Labute approximate surface area is 59.5 Å². The summed E-state index contributed by atoms with van der Waals surface area (Å²) in [6.45, 7) is 0. The van der Waals surface area contributed by atoms with Crippen molar-refractivity contribution in [2.24, 2.45) is 0 Å². The van der Waals surface area contributed by atoms with Gasteiger partial charge in [-0.15, -0.1) is 0 Å². The van der Waals surface area contributed by atoms with Crippen molar-refractivity contribution in [3.63, 3.8) is 0 Å². The van der Waals surface area contributed by atoms with Crippen LogP contribution in [0.3, 0.4) is 0 Å². The van der Waals surface area contributed by atoms with Gasteiger partial charge in [-0.25, -0.2) is 4.79 Å². The van der Waals surface area contributed by atoms with Crippen LogP contribution >= 0.6 is 0 Å². The van der Waals surface area contributed by atoms with Gasteiger partial charge < -0.3 is 10.3 Å². The molecule has 0 radical (unpaired) electrons.